The van der Waals surface area contributed by atoms with E-state index in [2.05, 4.69) is 15.4 Å². The summed E-state index contributed by atoms with van der Waals surface area (Å²) < 4.78 is 33.7. The van der Waals surface area contributed by atoms with Gasteiger partial charge in [-0.05, 0) is 74.2 Å². The van der Waals surface area contributed by atoms with Gasteiger partial charge in [0.2, 0.25) is 5.91 Å². The lowest BCUT2D eigenvalue weighted by Gasteiger charge is -2.13. The number of aryl methyl sites for hydroxylation is 2. The Labute approximate surface area is 204 Å². The third kappa shape index (κ3) is 6.39. The zero-order chi connectivity index (χ0) is 25.0. The van der Waals surface area contributed by atoms with Gasteiger partial charge in [-0.2, -0.15) is 0 Å². The Balaban J connectivity index is 1.32. The van der Waals surface area contributed by atoms with E-state index in [4.69, 9.17) is 4.74 Å². The van der Waals surface area contributed by atoms with Crippen molar-refractivity contribution in [2.24, 2.45) is 5.92 Å². The second-order valence-corrected chi connectivity index (χ2v) is 10.2. The molecule has 0 unspecified atom stereocenters. The Morgan fingerprint density at radius 1 is 0.886 bits per heavy atom. The molecule has 3 aromatic rings. The molecule has 1 fully saturated rings. The zero-order valence-corrected chi connectivity index (χ0v) is 20.3. The highest BCUT2D eigenvalue weighted by molar-refractivity contribution is 7.92. The maximum atomic E-state index is 12.8. The molecule has 1 aliphatic rings. The summed E-state index contributed by atoms with van der Waals surface area (Å²) in [7, 11) is -3.78. The van der Waals surface area contributed by atoms with E-state index in [0.29, 0.717) is 22.8 Å². The molecule has 35 heavy (non-hydrogen) atoms. The fraction of sp³-hybridized carbons (Fsp3) is 0.231. The Morgan fingerprint density at radius 3 is 2.20 bits per heavy atom. The number of hydrogen-bond acceptors (Lipinski definition) is 5. The number of hydrogen-bond donors (Lipinski definition) is 3. The van der Waals surface area contributed by atoms with Crippen LogP contribution < -0.4 is 20.1 Å². The summed E-state index contributed by atoms with van der Waals surface area (Å²) in [5.41, 5.74) is 3.26. The lowest BCUT2D eigenvalue weighted by atomic mass is 10.1. The monoisotopic (exact) mass is 493 g/mol. The number of carbonyl (C=O) groups is 2. The maximum absolute atomic E-state index is 12.8. The number of anilines is 3. The van der Waals surface area contributed by atoms with Crippen LogP contribution in [-0.2, 0) is 19.6 Å². The number of sulfonamides is 1. The molecule has 182 valence electrons. The van der Waals surface area contributed by atoms with Crippen LogP contribution in [0, 0.1) is 19.8 Å². The molecular weight excluding hydrogens is 466 g/mol. The molecule has 3 aromatic carbocycles. The van der Waals surface area contributed by atoms with Crippen molar-refractivity contribution in [3.8, 4) is 5.75 Å². The van der Waals surface area contributed by atoms with E-state index >= 15 is 0 Å². The van der Waals surface area contributed by atoms with Gasteiger partial charge < -0.3 is 15.4 Å². The molecule has 0 atom stereocenters. The molecule has 0 saturated heterocycles. The van der Waals surface area contributed by atoms with Gasteiger partial charge >= 0.3 is 0 Å². The minimum absolute atomic E-state index is 0.00501. The van der Waals surface area contributed by atoms with E-state index in [1.165, 1.54) is 24.3 Å². The minimum Gasteiger partial charge on any atom is -0.484 e. The quantitative estimate of drug-likeness (QED) is 0.407. The summed E-state index contributed by atoms with van der Waals surface area (Å²) in [5, 5.41) is 5.52. The van der Waals surface area contributed by atoms with Gasteiger partial charge in [0, 0.05) is 23.4 Å². The van der Waals surface area contributed by atoms with Crippen LogP contribution in [0.25, 0.3) is 0 Å². The number of benzene rings is 3. The number of nitrogens with one attached hydrogen (secondary N) is 3. The topological polar surface area (TPSA) is 114 Å². The Hall–Kier alpha value is -3.85. The van der Waals surface area contributed by atoms with Crippen molar-refractivity contribution in [2.75, 3.05) is 22.0 Å². The van der Waals surface area contributed by atoms with Crippen molar-refractivity contribution in [1.29, 1.82) is 0 Å². The van der Waals surface area contributed by atoms with Crippen molar-refractivity contribution in [3.63, 3.8) is 0 Å². The Kier molecular flexibility index (Phi) is 7.07. The molecule has 0 spiro atoms. The van der Waals surface area contributed by atoms with Gasteiger partial charge in [-0.3, -0.25) is 14.3 Å². The molecule has 0 radical (unpaired) electrons. The van der Waals surface area contributed by atoms with E-state index < -0.39 is 15.9 Å². The predicted octanol–water partition coefficient (Wildman–Crippen LogP) is 4.47. The predicted molar refractivity (Wildman–Crippen MR) is 135 cm³/mol. The van der Waals surface area contributed by atoms with Crippen LogP contribution in [-0.4, -0.2) is 26.8 Å². The standard InChI is InChI=1S/C26H27N3O5S/c1-17-5-3-6-18(2)25(17)29-35(32,33)23-13-11-20(12-14-23)27-24(30)16-34-22-8-4-7-21(15-22)28-26(31)19-9-10-19/h3-8,11-15,19,29H,9-10,16H2,1-2H3,(H,27,30)(H,28,31). The van der Waals surface area contributed by atoms with Gasteiger partial charge in [0.25, 0.3) is 15.9 Å². The van der Waals surface area contributed by atoms with Crippen molar-refractivity contribution in [3.05, 3.63) is 77.9 Å². The van der Waals surface area contributed by atoms with Gasteiger partial charge in [0.05, 0.1) is 10.6 Å². The average Bonchev–Trinajstić information content (AvgIpc) is 3.67. The summed E-state index contributed by atoms with van der Waals surface area (Å²) in [5.74, 6) is 0.137. The largest absolute Gasteiger partial charge is 0.484 e. The first-order chi connectivity index (χ1) is 16.7. The van der Waals surface area contributed by atoms with Crippen LogP contribution in [0.3, 0.4) is 0 Å². The molecule has 0 aromatic heterocycles. The number of rotatable bonds is 9. The molecule has 9 heteroatoms. The third-order valence-electron chi connectivity index (χ3n) is 5.59. The smallest absolute Gasteiger partial charge is 0.262 e. The average molecular weight is 494 g/mol. The summed E-state index contributed by atoms with van der Waals surface area (Å²) in [6, 6.07) is 18.3. The SMILES string of the molecule is Cc1cccc(C)c1NS(=O)(=O)c1ccc(NC(=O)COc2cccc(NC(=O)C3CC3)c2)cc1. The van der Waals surface area contributed by atoms with Crippen molar-refractivity contribution < 1.29 is 22.7 Å². The van der Waals surface area contributed by atoms with Gasteiger partial charge in [-0.15, -0.1) is 0 Å². The van der Waals surface area contributed by atoms with E-state index in [1.807, 2.05) is 32.0 Å². The van der Waals surface area contributed by atoms with Crippen molar-refractivity contribution in [1.82, 2.24) is 0 Å². The van der Waals surface area contributed by atoms with Crippen LogP contribution >= 0.6 is 0 Å². The molecule has 0 bridgehead atoms. The van der Waals surface area contributed by atoms with Gasteiger partial charge in [0.15, 0.2) is 6.61 Å². The highest BCUT2D eigenvalue weighted by Gasteiger charge is 2.29. The molecule has 8 nitrogen and oxygen atoms in total. The summed E-state index contributed by atoms with van der Waals surface area (Å²) in [4.78, 5) is 24.3. The van der Waals surface area contributed by atoms with E-state index in [1.54, 1.807) is 24.3 Å². The molecule has 1 saturated carbocycles. The first-order valence-electron chi connectivity index (χ1n) is 11.2. The zero-order valence-electron chi connectivity index (χ0n) is 19.5. The molecule has 0 aliphatic heterocycles. The van der Waals surface area contributed by atoms with Gasteiger partial charge in [-0.25, -0.2) is 8.42 Å². The van der Waals surface area contributed by atoms with Crippen LogP contribution in [0.2, 0.25) is 0 Å². The molecule has 0 heterocycles. The number of ether oxygens (including phenoxy) is 1. The summed E-state index contributed by atoms with van der Waals surface area (Å²) >= 11 is 0. The Bertz CT molecular complexity index is 1330. The van der Waals surface area contributed by atoms with Crippen LogP contribution in [0.5, 0.6) is 5.75 Å². The highest BCUT2D eigenvalue weighted by atomic mass is 32.2. The fourth-order valence-electron chi connectivity index (χ4n) is 3.49. The maximum Gasteiger partial charge on any atom is 0.262 e. The van der Waals surface area contributed by atoms with Crippen LogP contribution in [0.1, 0.15) is 24.0 Å². The molecular formula is C26H27N3O5S. The van der Waals surface area contributed by atoms with Crippen molar-refractivity contribution >= 4 is 38.9 Å². The Morgan fingerprint density at radius 2 is 1.54 bits per heavy atom. The number of carbonyl (C=O) groups excluding carboxylic acids is 2. The van der Waals surface area contributed by atoms with Gasteiger partial charge in [-0.1, -0.05) is 24.3 Å². The summed E-state index contributed by atoms with van der Waals surface area (Å²) in [6.45, 7) is 3.44. The molecule has 1 aliphatic carbocycles. The molecule has 4 rings (SSSR count). The van der Waals surface area contributed by atoms with Gasteiger partial charge in [0.1, 0.15) is 5.75 Å². The van der Waals surface area contributed by atoms with E-state index in [9.17, 15) is 18.0 Å². The van der Waals surface area contributed by atoms with Crippen molar-refractivity contribution in [2.45, 2.75) is 31.6 Å². The second kappa shape index (κ2) is 10.2. The van der Waals surface area contributed by atoms with E-state index in [-0.39, 0.29) is 23.3 Å². The second-order valence-electron chi connectivity index (χ2n) is 8.52. The number of para-hydroxylation sites is 1. The fourth-order valence-corrected chi connectivity index (χ4v) is 4.69. The van der Waals surface area contributed by atoms with Crippen LogP contribution in [0.15, 0.2) is 71.6 Å². The summed E-state index contributed by atoms with van der Waals surface area (Å²) in [6.07, 6.45) is 1.83. The highest BCUT2D eigenvalue weighted by Crippen LogP contribution is 2.30. The first-order valence-corrected chi connectivity index (χ1v) is 12.7. The lowest BCUT2D eigenvalue weighted by Crippen LogP contribution is -2.20. The first kappa shape index (κ1) is 24.3. The number of amides is 2. The third-order valence-corrected chi connectivity index (χ3v) is 6.95. The molecule has 3 N–H and O–H groups in total. The van der Waals surface area contributed by atoms with E-state index in [0.717, 1.165) is 24.0 Å². The minimum atomic E-state index is -3.78. The normalized spacial score (nSPS) is 13.1. The lowest BCUT2D eigenvalue weighted by molar-refractivity contribution is -0.118. The van der Waals surface area contributed by atoms with Crippen LogP contribution in [0.4, 0.5) is 17.1 Å². The molecule has 2 amide bonds.